The molecule has 2 nitrogen and oxygen atoms in total. The van der Waals surface area contributed by atoms with Crippen LogP contribution in [0.3, 0.4) is 0 Å². The van der Waals surface area contributed by atoms with E-state index in [-0.39, 0.29) is 11.4 Å². The normalized spacial score (nSPS) is 10.4. The van der Waals surface area contributed by atoms with Gasteiger partial charge in [-0.05, 0) is 60.8 Å². The summed E-state index contributed by atoms with van der Waals surface area (Å²) in [7, 11) is 0. The Kier molecular flexibility index (Phi) is 5.02. The first-order chi connectivity index (χ1) is 10.1. The molecule has 0 fully saturated rings. The summed E-state index contributed by atoms with van der Waals surface area (Å²) in [6.07, 6.45) is 0.790. The zero-order valence-electron chi connectivity index (χ0n) is 11.8. The molecule has 1 N–H and O–H groups in total. The van der Waals surface area contributed by atoms with Crippen LogP contribution in [0.25, 0.3) is 0 Å². The third kappa shape index (κ3) is 4.11. The van der Waals surface area contributed by atoms with Gasteiger partial charge in [-0.3, -0.25) is 0 Å². The fourth-order valence-electron chi connectivity index (χ4n) is 2.16. The van der Waals surface area contributed by atoms with E-state index in [9.17, 15) is 8.78 Å². The first kappa shape index (κ1) is 15.1. The van der Waals surface area contributed by atoms with Crippen LogP contribution in [0.15, 0.2) is 36.4 Å². The Balaban J connectivity index is 1.86. The number of rotatable bonds is 5. The molecule has 4 heteroatoms. The van der Waals surface area contributed by atoms with E-state index < -0.39 is 5.82 Å². The van der Waals surface area contributed by atoms with E-state index in [4.69, 9.17) is 5.26 Å². The second kappa shape index (κ2) is 6.96. The minimum atomic E-state index is -0.497. The zero-order valence-corrected chi connectivity index (χ0v) is 11.8. The summed E-state index contributed by atoms with van der Waals surface area (Å²) >= 11 is 0. The third-order valence-corrected chi connectivity index (χ3v) is 3.36. The second-order valence-corrected chi connectivity index (χ2v) is 4.92. The SMILES string of the molecule is Cc1cc(F)ccc1CCNCc1ccc(F)c(C#N)c1. The molecule has 2 aromatic carbocycles. The van der Waals surface area contributed by atoms with Gasteiger partial charge in [0.15, 0.2) is 0 Å². The van der Waals surface area contributed by atoms with Gasteiger partial charge in [-0.15, -0.1) is 0 Å². The Morgan fingerprint density at radius 1 is 1.14 bits per heavy atom. The molecule has 21 heavy (non-hydrogen) atoms. The van der Waals surface area contributed by atoms with Gasteiger partial charge in [-0.2, -0.15) is 5.26 Å². The maximum atomic E-state index is 13.2. The third-order valence-electron chi connectivity index (χ3n) is 3.36. The van der Waals surface area contributed by atoms with Gasteiger partial charge in [0.25, 0.3) is 0 Å². The molecule has 0 spiro atoms. The van der Waals surface area contributed by atoms with Crippen LogP contribution in [0.5, 0.6) is 0 Å². The highest BCUT2D eigenvalue weighted by Crippen LogP contribution is 2.11. The molecule has 0 amide bonds. The smallest absolute Gasteiger partial charge is 0.140 e. The summed E-state index contributed by atoms with van der Waals surface area (Å²) in [5, 5.41) is 12.0. The number of nitriles is 1. The van der Waals surface area contributed by atoms with E-state index in [1.54, 1.807) is 18.2 Å². The first-order valence-electron chi connectivity index (χ1n) is 6.74. The van der Waals surface area contributed by atoms with E-state index in [1.165, 1.54) is 18.2 Å². The van der Waals surface area contributed by atoms with E-state index >= 15 is 0 Å². The number of benzene rings is 2. The van der Waals surface area contributed by atoms with Gasteiger partial charge < -0.3 is 5.32 Å². The summed E-state index contributed by atoms with van der Waals surface area (Å²) < 4.78 is 26.2. The van der Waals surface area contributed by atoms with Crippen molar-refractivity contribution in [2.45, 2.75) is 19.9 Å². The highest BCUT2D eigenvalue weighted by molar-refractivity contribution is 5.34. The van der Waals surface area contributed by atoms with Gasteiger partial charge in [0.05, 0.1) is 5.56 Å². The molecule has 0 aliphatic rings. The molecule has 0 unspecified atom stereocenters. The van der Waals surface area contributed by atoms with Gasteiger partial charge in [0.2, 0.25) is 0 Å². The molecule has 0 saturated carbocycles. The summed E-state index contributed by atoms with van der Waals surface area (Å²) in [6, 6.07) is 11.1. The molecule has 0 bridgehead atoms. The Morgan fingerprint density at radius 2 is 1.95 bits per heavy atom. The highest BCUT2D eigenvalue weighted by atomic mass is 19.1. The van der Waals surface area contributed by atoms with Crippen LogP contribution in [0.1, 0.15) is 22.3 Å². The van der Waals surface area contributed by atoms with Crippen LogP contribution in [0.4, 0.5) is 8.78 Å². The quantitative estimate of drug-likeness (QED) is 0.854. The van der Waals surface area contributed by atoms with Gasteiger partial charge in [0.1, 0.15) is 17.7 Å². The molecule has 0 aliphatic heterocycles. The number of hydrogen-bond acceptors (Lipinski definition) is 2. The van der Waals surface area contributed by atoms with Crippen molar-refractivity contribution in [3.05, 3.63) is 70.3 Å². The zero-order chi connectivity index (χ0) is 15.2. The number of aryl methyl sites for hydroxylation is 1. The molecular weight excluding hydrogens is 270 g/mol. The summed E-state index contributed by atoms with van der Waals surface area (Å²) in [4.78, 5) is 0. The van der Waals surface area contributed by atoms with Crippen molar-refractivity contribution in [1.29, 1.82) is 5.26 Å². The molecule has 2 aromatic rings. The van der Waals surface area contributed by atoms with Gasteiger partial charge >= 0.3 is 0 Å². The molecular formula is C17H16F2N2. The van der Waals surface area contributed by atoms with Crippen LogP contribution in [0, 0.1) is 29.9 Å². The van der Waals surface area contributed by atoms with Crippen LogP contribution in [0.2, 0.25) is 0 Å². The van der Waals surface area contributed by atoms with Gasteiger partial charge in [-0.25, -0.2) is 8.78 Å². The van der Waals surface area contributed by atoms with E-state index in [2.05, 4.69) is 5.32 Å². The number of nitrogens with zero attached hydrogens (tertiary/aromatic N) is 1. The molecule has 108 valence electrons. The monoisotopic (exact) mass is 286 g/mol. The summed E-state index contributed by atoms with van der Waals surface area (Å²) in [6.45, 7) is 3.18. The minimum Gasteiger partial charge on any atom is -0.312 e. The topological polar surface area (TPSA) is 35.8 Å². The lowest BCUT2D eigenvalue weighted by Crippen LogP contribution is -2.17. The Morgan fingerprint density at radius 3 is 2.67 bits per heavy atom. The fourth-order valence-corrected chi connectivity index (χ4v) is 2.16. The lowest BCUT2D eigenvalue weighted by molar-refractivity contribution is 0.619. The standard InChI is InChI=1S/C17H16F2N2/c1-12-8-16(18)4-3-14(12)6-7-21-11-13-2-5-17(19)15(9-13)10-20/h2-5,8-9,21H,6-7,11H2,1H3. The van der Waals surface area contributed by atoms with Crippen molar-refractivity contribution >= 4 is 0 Å². The van der Waals surface area contributed by atoms with Gasteiger partial charge in [0, 0.05) is 6.54 Å². The van der Waals surface area contributed by atoms with Crippen molar-refractivity contribution in [3.63, 3.8) is 0 Å². The summed E-state index contributed by atoms with van der Waals surface area (Å²) in [5.41, 5.74) is 2.96. The van der Waals surface area contributed by atoms with Crippen molar-refractivity contribution in [2.75, 3.05) is 6.54 Å². The van der Waals surface area contributed by atoms with Gasteiger partial charge in [-0.1, -0.05) is 12.1 Å². The molecule has 0 aliphatic carbocycles. The highest BCUT2D eigenvalue weighted by Gasteiger charge is 2.03. The Labute approximate surface area is 123 Å². The minimum absolute atomic E-state index is 0.0590. The Hall–Kier alpha value is -2.25. The summed E-state index contributed by atoms with van der Waals surface area (Å²) in [5.74, 6) is -0.720. The molecule has 0 radical (unpaired) electrons. The van der Waals surface area contributed by atoms with Crippen LogP contribution >= 0.6 is 0 Å². The average molecular weight is 286 g/mol. The van der Waals surface area contributed by atoms with E-state index in [0.29, 0.717) is 6.54 Å². The lowest BCUT2D eigenvalue weighted by atomic mass is 10.1. The van der Waals surface area contributed by atoms with E-state index in [0.717, 1.165) is 29.7 Å². The molecule has 0 atom stereocenters. The average Bonchev–Trinajstić information content (AvgIpc) is 2.47. The molecule has 0 aromatic heterocycles. The Bertz CT molecular complexity index is 675. The number of hydrogen-bond donors (Lipinski definition) is 1. The molecule has 0 heterocycles. The first-order valence-corrected chi connectivity index (χ1v) is 6.74. The number of nitrogens with one attached hydrogen (secondary N) is 1. The van der Waals surface area contributed by atoms with Crippen LogP contribution in [-0.4, -0.2) is 6.54 Å². The molecule has 0 saturated heterocycles. The maximum Gasteiger partial charge on any atom is 0.140 e. The number of halogens is 2. The van der Waals surface area contributed by atoms with E-state index in [1.807, 2.05) is 13.0 Å². The van der Waals surface area contributed by atoms with Crippen LogP contribution < -0.4 is 5.32 Å². The fraction of sp³-hybridized carbons (Fsp3) is 0.235. The van der Waals surface area contributed by atoms with Crippen molar-refractivity contribution in [3.8, 4) is 6.07 Å². The largest absolute Gasteiger partial charge is 0.312 e. The maximum absolute atomic E-state index is 13.2. The van der Waals surface area contributed by atoms with Crippen molar-refractivity contribution < 1.29 is 8.78 Å². The lowest BCUT2D eigenvalue weighted by Gasteiger charge is -2.08. The van der Waals surface area contributed by atoms with Crippen molar-refractivity contribution in [2.24, 2.45) is 0 Å². The molecule has 2 rings (SSSR count). The predicted molar refractivity (Wildman–Crippen MR) is 77.7 cm³/mol. The van der Waals surface area contributed by atoms with Crippen molar-refractivity contribution in [1.82, 2.24) is 5.32 Å². The predicted octanol–water partition coefficient (Wildman–Crippen LogP) is 3.48. The van der Waals surface area contributed by atoms with Crippen LogP contribution in [-0.2, 0) is 13.0 Å². The second-order valence-electron chi connectivity index (χ2n) is 4.92.